The van der Waals surface area contributed by atoms with Gasteiger partial charge < -0.3 is 10.2 Å². The fraction of sp³-hybridized carbons (Fsp3) is 0. The van der Waals surface area contributed by atoms with Crippen molar-refractivity contribution < 1.29 is 64.4 Å². The van der Waals surface area contributed by atoms with Crippen LogP contribution in [0.1, 0.15) is 0 Å². The number of carbonyl (C=O) groups is 1. The molecule has 0 aromatic rings. The van der Waals surface area contributed by atoms with Gasteiger partial charge in [-0.2, -0.15) is 0 Å². The molecule has 0 aliphatic rings. The van der Waals surface area contributed by atoms with Crippen molar-refractivity contribution in [2.75, 3.05) is 0 Å². The standard InChI is InChI=1S/CH2O3.Eu.Sr.2H/c2-1(3)4;;;;/h(H2,2,3,4);;;;. The fourth-order valence-electron chi connectivity index (χ4n) is 0. The van der Waals surface area contributed by atoms with Crippen LogP contribution in [-0.2, 0) is 0 Å². The summed E-state index contributed by atoms with van der Waals surface area (Å²) in [4.78, 5) is 8.56. The average molecular weight is 304 g/mol. The first-order valence-electron chi connectivity index (χ1n) is 0.651. The molecule has 35 valence electrons. The van der Waals surface area contributed by atoms with Crippen molar-refractivity contribution >= 4 is 51.6 Å². The van der Waals surface area contributed by atoms with E-state index in [0.717, 1.165) is 0 Å². The molecule has 6 heavy (non-hydrogen) atoms. The van der Waals surface area contributed by atoms with Crippen LogP contribution in [0.15, 0.2) is 0 Å². The topological polar surface area (TPSA) is 57.5 Å². The van der Waals surface area contributed by atoms with Crippen molar-refractivity contribution in [2.24, 2.45) is 0 Å². The summed E-state index contributed by atoms with van der Waals surface area (Å²) in [7, 11) is 0. The van der Waals surface area contributed by atoms with Crippen molar-refractivity contribution in [3.63, 3.8) is 0 Å². The molecule has 0 aliphatic carbocycles. The molecule has 0 spiro atoms. The van der Waals surface area contributed by atoms with Gasteiger partial charge in [-0.15, -0.1) is 0 Å². The molecule has 0 heterocycles. The Labute approximate surface area is 113 Å². The molecule has 0 amide bonds. The molecule has 0 unspecified atom stereocenters. The Bertz CT molecular complexity index is 33.8. The first-order valence-corrected chi connectivity index (χ1v) is 0.651. The average Bonchev–Trinajstić information content (AvgIpc) is 0.811. The van der Waals surface area contributed by atoms with E-state index in [1.807, 2.05) is 0 Å². The molecule has 0 atom stereocenters. The molecule has 3 nitrogen and oxygen atoms in total. The fourth-order valence-corrected chi connectivity index (χ4v) is 0. The van der Waals surface area contributed by atoms with Crippen molar-refractivity contribution in [1.29, 1.82) is 0 Å². The molecule has 0 aromatic carbocycles. The van der Waals surface area contributed by atoms with E-state index in [2.05, 4.69) is 0 Å². The van der Waals surface area contributed by atoms with Crippen LogP contribution >= 0.6 is 0 Å². The van der Waals surface area contributed by atoms with E-state index in [1.165, 1.54) is 0 Å². The number of hydrogen-bond donors (Lipinski definition) is 2. The van der Waals surface area contributed by atoms with Gasteiger partial charge in [-0.05, 0) is 0 Å². The zero-order valence-corrected chi connectivity index (χ0v) is 4.61. The summed E-state index contributed by atoms with van der Waals surface area (Å²) in [6, 6.07) is 0. The van der Waals surface area contributed by atoms with Crippen LogP contribution in [0, 0.1) is 49.4 Å². The third-order valence-corrected chi connectivity index (χ3v) is 0. The molecule has 0 aliphatic heterocycles. The minimum atomic E-state index is -1.83. The summed E-state index contributed by atoms with van der Waals surface area (Å²) >= 11 is 0. The van der Waals surface area contributed by atoms with Crippen LogP contribution in [0.5, 0.6) is 0 Å². The SMILES string of the molecule is O=C(O)O.[Eu].[SrH2]. The predicted molar refractivity (Wildman–Crippen MR) is 19.2 cm³/mol. The van der Waals surface area contributed by atoms with Crippen LogP contribution < -0.4 is 0 Å². The summed E-state index contributed by atoms with van der Waals surface area (Å²) < 4.78 is 0. The Hall–Kier alpha value is 2.33. The van der Waals surface area contributed by atoms with Crippen molar-refractivity contribution in [2.45, 2.75) is 0 Å². The monoisotopic (exact) mass is 305 g/mol. The van der Waals surface area contributed by atoms with Gasteiger partial charge in [-0.1, -0.05) is 0 Å². The molecule has 1 radical (unpaired) electrons. The zero-order chi connectivity index (χ0) is 3.58. The van der Waals surface area contributed by atoms with Crippen LogP contribution in [-0.4, -0.2) is 61.9 Å². The van der Waals surface area contributed by atoms with Gasteiger partial charge in [0.25, 0.3) is 0 Å². The Kier molecular flexibility index (Phi) is 27.2. The molecule has 0 saturated carbocycles. The molecular formula is CH4EuO3Sr. The third kappa shape index (κ3) is 33.1. The first kappa shape index (κ1) is 15.8. The van der Waals surface area contributed by atoms with E-state index >= 15 is 0 Å². The molecule has 5 heteroatoms. The van der Waals surface area contributed by atoms with E-state index in [4.69, 9.17) is 15.0 Å². The van der Waals surface area contributed by atoms with Crippen LogP contribution in [0.4, 0.5) is 4.79 Å². The molecule has 0 bridgehead atoms. The molecule has 0 aromatic heterocycles. The summed E-state index contributed by atoms with van der Waals surface area (Å²) in [5, 5.41) is 13.9. The Morgan fingerprint density at radius 3 is 1.33 bits per heavy atom. The molecule has 0 fully saturated rings. The number of rotatable bonds is 0. The van der Waals surface area contributed by atoms with Crippen LogP contribution in [0.25, 0.3) is 0 Å². The maximum atomic E-state index is 8.56. The Balaban J connectivity index is -0.0000000450. The van der Waals surface area contributed by atoms with Crippen LogP contribution in [0.2, 0.25) is 0 Å². The first-order chi connectivity index (χ1) is 1.73. The number of carboxylic acid groups (broad SMARTS) is 2. The van der Waals surface area contributed by atoms with Gasteiger partial charge >= 0.3 is 51.6 Å². The summed E-state index contributed by atoms with van der Waals surface area (Å²) in [5.74, 6) is 0. The minimum absolute atomic E-state index is 0. The number of hydrogen-bond acceptors (Lipinski definition) is 1. The summed E-state index contributed by atoms with van der Waals surface area (Å²) in [5.41, 5.74) is 0. The van der Waals surface area contributed by atoms with Crippen molar-refractivity contribution in [3.05, 3.63) is 0 Å². The van der Waals surface area contributed by atoms with E-state index in [0.29, 0.717) is 0 Å². The van der Waals surface area contributed by atoms with Gasteiger partial charge in [0.2, 0.25) is 0 Å². The maximum absolute atomic E-state index is 8.56. The van der Waals surface area contributed by atoms with Gasteiger partial charge in [-0.3, -0.25) is 0 Å². The summed E-state index contributed by atoms with van der Waals surface area (Å²) in [6.45, 7) is 0. The third-order valence-electron chi connectivity index (χ3n) is 0. The molecule has 2 N–H and O–H groups in total. The van der Waals surface area contributed by atoms with Gasteiger partial charge in [0.05, 0.1) is 0 Å². The normalized spacial score (nSPS) is 4.00. The zero-order valence-electron chi connectivity index (χ0n) is 2.18. The van der Waals surface area contributed by atoms with Gasteiger partial charge in [0, 0.05) is 49.4 Å². The second-order valence-electron chi connectivity index (χ2n) is 0.283. The Morgan fingerprint density at radius 1 is 1.33 bits per heavy atom. The van der Waals surface area contributed by atoms with Crippen molar-refractivity contribution in [3.8, 4) is 0 Å². The quantitative estimate of drug-likeness (QED) is 0.582. The van der Waals surface area contributed by atoms with E-state index in [-0.39, 0.29) is 94.9 Å². The van der Waals surface area contributed by atoms with Crippen molar-refractivity contribution in [1.82, 2.24) is 0 Å². The second kappa shape index (κ2) is 10.3. The van der Waals surface area contributed by atoms with E-state index in [9.17, 15) is 0 Å². The van der Waals surface area contributed by atoms with E-state index in [1.54, 1.807) is 0 Å². The van der Waals surface area contributed by atoms with Gasteiger partial charge in [0.15, 0.2) is 0 Å². The molecule has 0 saturated heterocycles. The second-order valence-corrected chi connectivity index (χ2v) is 0.283. The molecule has 0 rings (SSSR count). The van der Waals surface area contributed by atoms with Gasteiger partial charge in [-0.25, -0.2) is 4.79 Å². The van der Waals surface area contributed by atoms with Crippen LogP contribution in [0.3, 0.4) is 0 Å². The Morgan fingerprint density at radius 2 is 1.33 bits per heavy atom. The predicted octanol–water partition coefficient (Wildman–Crippen LogP) is -0.694. The van der Waals surface area contributed by atoms with Gasteiger partial charge in [0.1, 0.15) is 0 Å². The van der Waals surface area contributed by atoms with E-state index < -0.39 is 6.16 Å². The summed E-state index contributed by atoms with van der Waals surface area (Å²) in [6.07, 6.45) is -1.83. The molecular weight excluding hydrogens is 300 g/mol.